The molecule has 1 aliphatic rings. The summed E-state index contributed by atoms with van der Waals surface area (Å²) in [5.41, 5.74) is 7.07. The van der Waals surface area contributed by atoms with Crippen molar-refractivity contribution in [1.29, 1.82) is 0 Å². The molecule has 0 spiro atoms. The van der Waals surface area contributed by atoms with Gasteiger partial charge >= 0.3 is 6.03 Å². The quantitative estimate of drug-likeness (QED) is 0.386. The van der Waals surface area contributed by atoms with Gasteiger partial charge in [-0.2, -0.15) is 0 Å². The third kappa shape index (κ3) is 4.12. The van der Waals surface area contributed by atoms with Crippen LogP contribution < -0.4 is 14.8 Å². The maximum absolute atomic E-state index is 13.9. The second-order valence-corrected chi connectivity index (χ2v) is 8.83. The molecule has 4 aromatic rings. The van der Waals surface area contributed by atoms with Crippen LogP contribution >= 0.6 is 0 Å². The summed E-state index contributed by atoms with van der Waals surface area (Å²) < 4.78 is 13.2. The lowest BCUT2D eigenvalue weighted by atomic mass is 10.0. The molecule has 5 rings (SSSR count). The first-order valence-corrected chi connectivity index (χ1v) is 11.6. The Morgan fingerprint density at radius 2 is 1.71 bits per heavy atom. The summed E-state index contributed by atoms with van der Waals surface area (Å²) in [5.74, 6) is 1.27. The molecule has 0 bridgehead atoms. The Balaban J connectivity index is 1.65. The third-order valence-corrected chi connectivity index (χ3v) is 6.57. The van der Waals surface area contributed by atoms with Crippen LogP contribution in [0.1, 0.15) is 34.0 Å². The molecule has 1 aromatic heterocycles. The number of urea groups is 1. The van der Waals surface area contributed by atoms with E-state index < -0.39 is 0 Å². The molecule has 6 nitrogen and oxygen atoms in total. The maximum atomic E-state index is 13.9. The van der Waals surface area contributed by atoms with Gasteiger partial charge in [0.2, 0.25) is 0 Å². The number of aryl methyl sites for hydroxylation is 2. The zero-order valence-corrected chi connectivity index (χ0v) is 20.4. The fourth-order valence-corrected chi connectivity index (χ4v) is 4.85. The Morgan fingerprint density at radius 1 is 0.914 bits per heavy atom. The van der Waals surface area contributed by atoms with Gasteiger partial charge in [0.25, 0.3) is 0 Å². The molecule has 0 saturated heterocycles. The van der Waals surface area contributed by atoms with Gasteiger partial charge in [-0.15, -0.1) is 0 Å². The molecule has 0 fully saturated rings. The van der Waals surface area contributed by atoms with Gasteiger partial charge in [0.15, 0.2) is 11.5 Å². The predicted molar refractivity (Wildman–Crippen MR) is 138 cm³/mol. The number of anilines is 1. The van der Waals surface area contributed by atoms with Gasteiger partial charge in [0.05, 0.1) is 32.5 Å². The molecular weight excluding hydrogens is 438 g/mol. The Hall–Kier alpha value is -4.19. The van der Waals surface area contributed by atoms with E-state index in [0.717, 1.165) is 39.3 Å². The first kappa shape index (κ1) is 22.6. The molecule has 0 radical (unpaired) electrons. The molecule has 1 N–H and O–H groups in total. The standard InChI is InChI=1S/C29H29N3O3/c1-19-11-13-23(20(2)16-19)30-29(33)32-18-22-8-5-6-9-24(22)31-15-7-10-25(31)28(32)21-12-14-26(34-3)27(17-21)35-4/h5-17,28H,18H2,1-4H3,(H,30,33). The Labute approximate surface area is 205 Å². The molecule has 6 heteroatoms. The third-order valence-electron chi connectivity index (χ3n) is 6.57. The van der Waals surface area contributed by atoms with Crippen molar-refractivity contribution >= 4 is 11.7 Å². The number of hydrogen-bond donors (Lipinski definition) is 1. The molecule has 1 atom stereocenters. The second-order valence-electron chi connectivity index (χ2n) is 8.83. The van der Waals surface area contributed by atoms with Crippen molar-refractivity contribution in [1.82, 2.24) is 9.47 Å². The van der Waals surface area contributed by atoms with Crippen LogP contribution in [0.2, 0.25) is 0 Å². The minimum Gasteiger partial charge on any atom is -0.493 e. The van der Waals surface area contributed by atoms with Gasteiger partial charge in [-0.25, -0.2) is 4.79 Å². The van der Waals surface area contributed by atoms with Gasteiger partial charge in [-0.3, -0.25) is 0 Å². The summed E-state index contributed by atoms with van der Waals surface area (Å²) in [6, 6.07) is 23.7. The van der Waals surface area contributed by atoms with E-state index in [1.807, 2.05) is 73.5 Å². The molecule has 35 heavy (non-hydrogen) atoms. The molecule has 2 heterocycles. The lowest BCUT2D eigenvalue weighted by Gasteiger charge is -2.31. The highest BCUT2D eigenvalue weighted by Gasteiger charge is 2.33. The topological polar surface area (TPSA) is 55.7 Å². The van der Waals surface area contributed by atoms with Crippen molar-refractivity contribution < 1.29 is 14.3 Å². The number of carbonyl (C=O) groups excluding carboxylic acids is 1. The summed E-state index contributed by atoms with van der Waals surface area (Å²) >= 11 is 0. The zero-order chi connectivity index (χ0) is 24.5. The second kappa shape index (κ2) is 9.22. The minimum absolute atomic E-state index is 0.166. The summed E-state index contributed by atoms with van der Waals surface area (Å²) in [6.45, 7) is 4.51. The van der Waals surface area contributed by atoms with Crippen molar-refractivity contribution in [2.75, 3.05) is 19.5 Å². The van der Waals surface area contributed by atoms with Crippen LogP contribution in [0.5, 0.6) is 11.5 Å². The molecule has 1 aliphatic heterocycles. The van der Waals surface area contributed by atoms with Crippen molar-refractivity contribution in [2.45, 2.75) is 26.4 Å². The minimum atomic E-state index is -0.344. The summed E-state index contributed by atoms with van der Waals surface area (Å²) in [4.78, 5) is 15.8. The number of amides is 2. The first-order chi connectivity index (χ1) is 17.0. The number of para-hydroxylation sites is 1. The number of benzene rings is 3. The largest absolute Gasteiger partial charge is 0.493 e. The summed E-state index contributed by atoms with van der Waals surface area (Å²) in [7, 11) is 3.24. The number of hydrogen-bond acceptors (Lipinski definition) is 3. The zero-order valence-electron chi connectivity index (χ0n) is 20.4. The van der Waals surface area contributed by atoms with E-state index in [2.05, 4.69) is 34.1 Å². The molecule has 0 saturated carbocycles. The van der Waals surface area contributed by atoms with Gasteiger partial charge in [-0.1, -0.05) is 42.0 Å². The average molecular weight is 468 g/mol. The smallest absolute Gasteiger partial charge is 0.322 e. The summed E-state index contributed by atoms with van der Waals surface area (Å²) in [6.07, 6.45) is 2.05. The van der Waals surface area contributed by atoms with Crippen molar-refractivity contribution in [2.24, 2.45) is 0 Å². The number of aromatic nitrogens is 1. The predicted octanol–water partition coefficient (Wildman–Crippen LogP) is 6.25. The molecule has 2 amide bonds. The first-order valence-electron chi connectivity index (χ1n) is 11.6. The SMILES string of the molecule is COc1ccc(C2c3cccn3-c3ccccc3CN2C(=O)Nc2ccc(C)cc2C)cc1OC. The van der Waals surface area contributed by atoms with E-state index in [1.165, 1.54) is 0 Å². The van der Waals surface area contributed by atoms with Crippen LogP contribution in [0.3, 0.4) is 0 Å². The normalized spacial score (nSPS) is 14.5. The van der Waals surface area contributed by atoms with Gasteiger partial charge in [0, 0.05) is 17.6 Å². The molecular formula is C29H29N3O3. The van der Waals surface area contributed by atoms with E-state index in [-0.39, 0.29) is 12.1 Å². The van der Waals surface area contributed by atoms with E-state index in [4.69, 9.17) is 9.47 Å². The van der Waals surface area contributed by atoms with Crippen molar-refractivity contribution in [3.63, 3.8) is 0 Å². The number of nitrogens with one attached hydrogen (secondary N) is 1. The van der Waals surface area contributed by atoms with Crippen LogP contribution in [-0.4, -0.2) is 29.7 Å². The lowest BCUT2D eigenvalue weighted by Crippen LogP contribution is -2.38. The number of ether oxygens (including phenoxy) is 2. The fourth-order valence-electron chi connectivity index (χ4n) is 4.85. The van der Waals surface area contributed by atoms with Crippen LogP contribution in [-0.2, 0) is 6.54 Å². The highest BCUT2D eigenvalue weighted by atomic mass is 16.5. The van der Waals surface area contributed by atoms with E-state index in [0.29, 0.717) is 18.0 Å². The van der Waals surface area contributed by atoms with Crippen LogP contribution in [0, 0.1) is 13.8 Å². The Kier molecular flexibility index (Phi) is 5.95. The average Bonchev–Trinajstić information content (AvgIpc) is 3.29. The fraction of sp³-hybridized carbons (Fsp3) is 0.207. The van der Waals surface area contributed by atoms with Crippen molar-refractivity contribution in [3.8, 4) is 17.2 Å². The van der Waals surface area contributed by atoms with Crippen LogP contribution in [0.25, 0.3) is 5.69 Å². The van der Waals surface area contributed by atoms with E-state index in [1.54, 1.807) is 14.2 Å². The van der Waals surface area contributed by atoms with Gasteiger partial charge in [-0.05, 0) is 66.9 Å². The van der Waals surface area contributed by atoms with Gasteiger partial charge < -0.3 is 24.3 Å². The monoisotopic (exact) mass is 467 g/mol. The Bertz CT molecular complexity index is 1390. The maximum Gasteiger partial charge on any atom is 0.322 e. The number of nitrogens with zero attached hydrogens (tertiary/aromatic N) is 2. The Morgan fingerprint density at radius 3 is 2.49 bits per heavy atom. The molecule has 1 unspecified atom stereocenters. The van der Waals surface area contributed by atoms with E-state index in [9.17, 15) is 4.79 Å². The number of methoxy groups -OCH3 is 2. The van der Waals surface area contributed by atoms with Crippen LogP contribution in [0.15, 0.2) is 79.0 Å². The summed E-state index contributed by atoms with van der Waals surface area (Å²) in [5, 5.41) is 3.16. The molecule has 178 valence electrons. The number of rotatable bonds is 4. The van der Waals surface area contributed by atoms with Crippen molar-refractivity contribution in [3.05, 3.63) is 107 Å². The number of carbonyl (C=O) groups is 1. The van der Waals surface area contributed by atoms with E-state index >= 15 is 0 Å². The van der Waals surface area contributed by atoms with Gasteiger partial charge in [0.1, 0.15) is 0 Å². The van der Waals surface area contributed by atoms with Crippen LogP contribution in [0.4, 0.5) is 10.5 Å². The molecule has 3 aromatic carbocycles. The number of fused-ring (bicyclic) bond motifs is 3. The highest BCUT2D eigenvalue weighted by molar-refractivity contribution is 5.91. The lowest BCUT2D eigenvalue weighted by molar-refractivity contribution is 0.194. The highest BCUT2D eigenvalue weighted by Crippen LogP contribution is 2.40. The molecule has 0 aliphatic carbocycles.